The summed E-state index contributed by atoms with van der Waals surface area (Å²) in [5.74, 6) is 0.0736. The minimum atomic E-state index is -0.232. The van der Waals surface area contributed by atoms with Crippen LogP contribution in [0.25, 0.3) is 0 Å². The molecule has 0 amide bonds. The summed E-state index contributed by atoms with van der Waals surface area (Å²) in [5.41, 5.74) is 1.14. The van der Waals surface area contributed by atoms with Crippen LogP contribution in [0.2, 0.25) is 0 Å². The van der Waals surface area contributed by atoms with E-state index in [2.05, 4.69) is 40.8 Å². The zero-order valence-corrected chi connectivity index (χ0v) is 11.8. The zero-order chi connectivity index (χ0) is 12.1. The summed E-state index contributed by atoms with van der Waals surface area (Å²) in [5, 5.41) is 0. The molecule has 1 aliphatic rings. The topological polar surface area (TPSA) is 35.5 Å². The predicted octanol–water partition coefficient (Wildman–Crippen LogP) is 2.85. The Bertz CT molecular complexity index is 297. The summed E-state index contributed by atoms with van der Waals surface area (Å²) in [6.45, 7) is 6.14. The number of rotatable bonds is 3. The van der Waals surface area contributed by atoms with E-state index >= 15 is 0 Å². The van der Waals surface area contributed by atoms with Crippen molar-refractivity contribution in [3.63, 3.8) is 0 Å². The highest BCUT2D eigenvalue weighted by Crippen LogP contribution is 2.31. The largest absolute Gasteiger partial charge is 0.469 e. The highest BCUT2D eigenvalue weighted by atomic mass is 127. The Kier molecular flexibility index (Phi) is 5.48. The summed E-state index contributed by atoms with van der Waals surface area (Å²) >= 11 is 2.16. The second-order valence-corrected chi connectivity index (χ2v) is 4.69. The smallest absolute Gasteiger partial charge is 0.308 e. The molecule has 1 rings (SSSR count). The van der Waals surface area contributed by atoms with Crippen molar-refractivity contribution in [2.45, 2.75) is 32.0 Å². The Hall–Kier alpha value is -0.360. The van der Waals surface area contributed by atoms with Gasteiger partial charge in [0.15, 0.2) is 0 Å². The van der Waals surface area contributed by atoms with Crippen molar-refractivity contribution in [3.05, 3.63) is 22.3 Å². The van der Waals surface area contributed by atoms with Gasteiger partial charge in [-0.1, -0.05) is 41.7 Å². The molecule has 90 valence electrons. The van der Waals surface area contributed by atoms with Crippen LogP contribution in [0, 0.1) is 5.92 Å². The molecule has 3 nitrogen and oxygen atoms in total. The minimum absolute atomic E-state index is 0.0211. The van der Waals surface area contributed by atoms with E-state index in [9.17, 15) is 4.79 Å². The fraction of sp³-hybridized carbons (Fsp3) is 0.583. The van der Waals surface area contributed by atoms with Crippen LogP contribution in [-0.2, 0) is 14.3 Å². The molecule has 0 unspecified atom stereocenters. The van der Waals surface area contributed by atoms with Crippen LogP contribution in [0.1, 0.15) is 19.8 Å². The third-order valence-corrected chi connectivity index (χ3v) is 3.28. The van der Waals surface area contributed by atoms with Gasteiger partial charge in [0.05, 0.1) is 25.7 Å². The predicted molar refractivity (Wildman–Crippen MR) is 71.4 cm³/mol. The van der Waals surface area contributed by atoms with E-state index in [4.69, 9.17) is 4.74 Å². The SMILES string of the molecule is C=C1C[C@@H](CC(=O)OC)O[C@H](/C=C/I)[C@H]1C. The summed E-state index contributed by atoms with van der Waals surface area (Å²) in [4.78, 5) is 11.2. The first-order valence-electron chi connectivity index (χ1n) is 5.25. The zero-order valence-electron chi connectivity index (χ0n) is 9.61. The maximum absolute atomic E-state index is 11.2. The van der Waals surface area contributed by atoms with E-state index in [-0.39, 0.29) is 18.2 Å². The molecule has 1 fully saturated rings. The Balaban J connectivity index is 2.63. The van der Waals surface area contributed by atoms with Crippen LogP contribution in [0.4, 0.5) is 0 Å². The lowest BCUT2D eigenvalue weighted by molar-refractivity contribution is -0.145. The molecule has 0 saturated carbocycles. The standard InChI is InChI=1S/C12H17IO3/c1-8-6-10(7-12(14)15-3)16-11(4-5-13)9(8)2/h4-5,9-11H,1,6-7H2,2-3H3/b5-4+/t9-,10-,11+/m0/s1. The maximum atomic E-state index is 11.2. The van der Waals surface area contributed by atoms with Gasteiger partial charge in [0.1, 0.15) is 0 Å². The Morgan fingerprint density at radius 1 is 1.75 bits per heavy atom. The first kappa shape index (κ1) is 13.7. The molecule has 4 heteroatoms. The molecular weight excluding hydrogens is 319 g/mol. The monoisotopic (exact) mass is 336 g/mol. The molecule has 1 saturated heterocycles. The molecule has 3 atom stereocenters. The van der Waals surface area contributed by atoms with Crippen molar-refractivity contribution in [2.75, 3.05) is 7.11 Å². The van der Waals surface area contributed by atoms with Crippen molar-refractivity contribution in [1.29, 1.82) is 0 Å². The van der Waals surface area contributed by atoms with Crippen LogP contribution in [0.3, 0.4) is 0 Å². The van der Waals surface area contributed by atoms with Gasteiger partial charge in [0, 0.05) is 5.92 Å². The van der Waals surface area contributed by atoms with Crippen LogP contribution < -0.4 is 0 Å². The van der Waals surface area contributed by atoms with Crippen molar-refractivity contribution in [3.8, 4) is 0 Å². The van der Waals surface area contributed by atoms with Crippen molar-refractivity contribution in [1.82, 2.24) is 0 Å². The van der Waals surface area contributed by atoms with Crippen LogP contribution >= 0.6 is 22.6 Å². The normalized spacial score (nSPS) is 30.7. The molecule has 0 aliphatic carbocycles. The Morgan fingerprint density at radius 3 is 3.00 bits per heavy atom. The summed E-state index contributed by atoms with van der Waals surface area (Å²) in [6.07, 6.45) is 2.96. The van der Waals surface area contributed by atoms with Gasteiger partial charge in [-0.05, 0) is 16.6 Å². The molecule has 0 aromatic carbocycles. The third kappa shape index (κ3) is 3.59. The maximum Gasteiger partial charge on any atom is 0.308 e. The highest BCUT2D eigenvalue weighted by molar-refractivity contribution is 14.1. The lowest BCUT2D eigenvalue weighted by atomic mass is 9.88. The molecular formula is C12H17IO3. The molecule has 1 aliphatic heterocycles. The molecule has 0 aromatic rings. The Morgan fingerprint density at radius 2 is 2.44 bits per heavy atom. The van der Waals surface area contributed by atoms with Crippen molar-refractivity contribution >= 4 is 28.6 Å². The van der Waals surface area contributed by atoms with Gasteiger partial charge in [0.2, 0.25) is 0 Å². The first-order valence-corrected chi connectivity index (χ1v) is 6.49. The first-order chi connectivity index (χ1) is 7.58. The Labute approximate surface area is 110 Å². The van der Waals surface area contributed by atoms with Gasteiger partial charge >= 0.3 is 5.97 Å². The van der Waals surface area contributed by atoms with E-state index in [0.717, 1.165) is 12.0 Å². The van der Waals surface area contributed by atoms with Crippen LogP contribution in [0.15, 0.2) is 22.3 Å². The van der Waals surface area contributed by atoms with Gasteiger partial charge in [-0.2, -0.15) is 0 Å². The average Bonchev–Trinajstić information content (AvgIpc) is 2.25. The number of carbonyl (C=O) groups excluding carboxylic acids is 1. The van der Waals surface area contributed by atoms with Gasteiger partial charge in [0.25, 0.3) is 0 Å². The highest BCUT2D eigenvalue weighted by Gasteiger charge is 2.30. The van der Waals surface area contributed by atoms with Crippen LogP contribution in [0.5, 0.6) is 0 Å². The second kappa shape index (κ2) is 6.39. The molecule has 1 heterocycles. The number of carbonyl (C=O) groups is 1. The number of halogens is 1. The number of hydrogen-bond acceptors (Lipinski definition) is 3. The van der Waals surface area contributed by atoms with E-state index in [1.165, 1.54) is 7.11 Å². The average molecular weight is 336 g/mol. The quantitative estimate of drug-likeness (QED) is 0.452. The minimum Gasteiger partial charge on any atom is -0.469 e. The van der Waals surface area contributed by atoms with Crippen molar-refractivity contribution in [2.24, 2.45) is 5.92 Å². The van der Waals surface area contributed by atoms with E-state index in [0.29, 0.717) is 12.3 Å². The number of methoxy groups -OCH3 is 1. The van der Waals surface area contributed by atoms with E-state index in [1.807, 2.05) is 10.2 Å². The lowest BCUT2D eigenvalue weighted by Gasteiger charge is -2.34. The number of hydrogen-bond donors (Lipinski definition) is 0. The fourth-order valence-corrected chi connectivity index (χ4v) is 2.18. The molecule has 0 radical (unpaired) electrons. The third-order valence-electron chi connectivity index (χ3n) is 2.86. The van der Waals surface area contributed by atoms with Gasteiger partial charge in [-0.3, -0.25) is 4.79 Å². The van der Waals surface area contributed by atoms with Crippen LogP contribution in [-0.4, -0.2) is 25.3 Å². The molecule has 0 aromatic heterocycles. The molecule has 0 spiro atoms. The van der Waals surface area contributed by atoms with Crippen molar-refractivity contribution < 1.29 is 14.3 Å². The second-order valence-electron chi connectivity index (χ2n) is 3.97. The fourth-order valence-electron chi connectivity index (χ4n) is 1.77. The van der Waals surface area contributed by atoms with Gasteiger partial charge in [-0.15, -0.1) is 0 Å². The van der Waals surface area contributed by atoms with E-state index in [1.54, 1.807) is 0 Å². The lowest BCUT2D eigenvalue weighted by Crippen LogP contribution is -2.35. The molecule has 16 heavy (non-hydrogen) atoms. The summed E-state index contributed by atoms with van der Waals surface area (Å²) < 4.78 is 12.4. The number of ether oxygens (including phenoxy) is 2. The molecule has 0 bridgehead atoms. The van der Waals surface area contributed by atoms with Gasteiger partial charge in [-0.25, -0.2) is 0 Å². The van der Waals surface area contributed by atoms with Gasteiger partial charge < -0.3 is 9.47 Å². The van der Waals surface area contributed by atoms with E-state index < -0.39 is 0 Å². The molecule has 0 N–H and O–H groups in total. The summed E-state index contributed by atoms with van der Waals surface area (Å²) in [6, 6.07) is 0. The number of esters is 1. The summed E-state index contributed by atoms with van der Waals surface area (Å²) in [7, 11) is 1.39.